The van der Waals surface area contributed by atoms with Crippen LogP contribution in [0.5, 0.6) is 0 Å². The number of rotatable bonds is 9. The second kappa shape index (κ2) is 8.02. The fraction of sp³-hybridized carbons (Fsp3) is 0.600. The Labute approximate surface area is 139 Å². The molecular weight excluding hydrogens is 314 g/mol. The number of nitrogens with two attached hydrogens (primary N) is 1. The molecule has 0 spiro atoms. The van der Waals surface area contributed by atoms with Crippen LogP contribution in [0.25, 0.3) is 0 Å². The van der Waals surface area contributed by atoms with Crippen molar-refractivity contribution < 1.29 is 14.7 Å². The third kappa shape index (κ3) is 4.87. The van der Waals surface area contributed by atoms with E-state index in [2.05, 4.69) is 10.3 Å². The molecule has 1 aromatic rings. The quantitative estimate of drug-likeness (QED) is 0.492. The first kappa shape index (κ1) is 18.1. The number of anilines is 1. The maximum absolute atomic E-state index is 12.6. The van der Waals surface area contributed by atoms with E-state index in [-0.39, 0.29) is 24.7 Å². The van der Waals surface area contributed by atoms with E-state index in [0.29, 0.717) is 12.6 Å². The standard InChI is InChI=1S/C15H23N5O4/c1-10(22)12(9-21)20(7-5-17-11-2-3-11)14(23)8-19-6-4-13(16)18-15(19)24/h4,6,11-12,17,21H,2-3,5,7-9H2,1H3,(H2,16,18,24)/t12-/m1/s1. The van der Waals surface area contributed by atoms with Gasteiger partial charge in [0.2, 0.25) is 5.91 Å². The maximum Gasteiger partial charge on any atom is 0.349 e. The number of aliphatic hydroxyl groups is 1. The van der Waals surface area contributed by atoms with E-state index >= 15 is 0 Å². The average Bonchev–Trinajstić information content (AvgIpc) is 3.33. The monoisotopic (exact) mass is 337 g/mol. The highest BCUT2D eigenvalue weighted by Gasteiger charge is 2.28. The molecule has 1 saturated carbocycles. The number of Topliss-reactive ketones (excluding diaryl/α,β-unsaturated/α-hetero) is 1. The molecule has 4 N–H and O–H groups in total. The highest BCUT2D eigenvalue weighted by molar-refractivity contribution is 5.87. The van der Waals surface area contributed by atoms with Crippen LogP contribution in [-0.4, -0.2) is 63.0 Å². The first-order valence-electron chi connectivity index (χ1n) is 7.89. The summed E-state index contributed by atoms with van der Waals surface area (Å²) in [5.41, 5.74) is 4.79. The van der Waals surface area contributed by atoms with Crippen LogP contribution in [0.15, 0.2) is 17.1 Å². The topological polar surface area (TPSA) is 131 Å². The van der Waals surface area contributed by atoms with Crippen LogP contribution in [0, 0.1) is 0 Å². The van der Waals surface area contributed by atoms with Crippen LogP contribution in [0.4, 0.5) is 5.82 Å². The number of nitrogen functional groups attached to an aromatic ring is 1. The molecule has 1 aliphatic rings. The highest BCUT2D eigenvalue weighted by Crippen LogP contribution is 2.18. The molecule has 0 aliphatic heterocycles. The van der Waals surface area contributed by atoms with Gasteiger partial charge < -0.3 is 21.1 Å². The Hall–Kier alpha value is -2.26. The van der Waals surface area contributed by atoms with Gasteiger partial charge in [0.15, 0.2) is 5.78 Å². The van der Waals surface area contributed by atoms with Crippen LogP contribution in [0.3, 0.4) is 0 Å². The van der Waals surface area contributed by atoms with E-state index < -0.39 is 24.2 Å². The maximum atomic E-state index is 12.6. The predicted molar refractivity (Wildman–Crippen MR) is 87.2 cm³/mol. The van der Waals surface area contributed by atoms with E-state index in [9.17, 15) is 19.5 Å². The van der Waals surface area contributed by atoms with E-state index in [1.54, 1.807) is 0 Å². The summed E-state index contributed by atoms with van der Waals surface area (Å²) < 4.78 is 1.12. The first-order chi connectivity index (χ1) is 11.4. The molecule has 24 heavy (non-hydrogen) atoms. The molecule has 1 atom stereocenters. The summed E-state index contributed by atoms with van der Waals surface area (Å²) >= 11 is 0. The van der Waals surface area contributed by atoms with Crippen molar-refractivity contribution in [3.8, 4) is 0 Å². The minimum absolute atomic E-state index is 0.0751. The fourth-order valence-corrected chi connectivity index (χ4v) is 2.38. The van der Waals surface area contributed by atoms with Crippen LogP contribution in [-0.2, 0) is 16.1 Å². The molecule has 1 amide bonds. The number of ketones is 1. The highest BCUT2D eigenvalue weighted by atomic mass is 16.3. The Balaban J connectivity index is 2.09. The summed E-state index contributed by atoms with van der Waals surface area (Å²) in [5.74, 6) is -0.665. The number of aliphatic hydroxyl groups excluding tert-OH is 1. The van der Waals surface area contributed by atoms with Gasteiger partial charge in [0.1, 0.15) is 18.4 Å². The van der Waals surface area contributed by atoms with Crippen LogP contribution >= 0.6 is 0 Å². The zero-order valence-electron chi connectivity index (χ0n) is 13.6. The number of carbonyl (C=O) groups excluding carboxylic acids is 2. The van der Waals surface area contributed by atoms with Crippen LogP contribution in [0.1, 0.15) is 19.8 Å². The number of hydrogen-bond acceptors (Lipinski definition) is 7. The molecule has 9 nitrogen and oxygen atoms in total. The van der Waals surface area contributed by atoms with Crippen molar-refractivity contribution in [1.82, 2.24) is 19.8 Å². The summed E-state index contributed by atoms with van der Waals surface area (Å²) in [7, 11) is 0. The predicted octanol–water partition coefficient (Wildman–Crippen LogP) is -1.64. The molecule has 1 fully saturated rings. The number of nitrogens with one attached hydrogen (secondary N) is 1. The Morgan fingerprint density at radius 3 is 2.79 bits per heavy atom. The Morgan fingerprint density at radius 2 is 2.25 bits per heavy atom. The molecule has 9 heteroatoms. The van der Waals surface area contributed by atoms with Crippen molar-refractivity contribution in [2.75, 3.05) is 25.4 Å². The second-order valence-corrected chi connectivity index (χ2v) is 5.89. The molecule has 1 heterocycles. The lowest BCUT2D eigenvalue weighted by Gasteiger charge is -2.29. The van der Waals surface area contributed by atoms with Crippen molar-refractivity contribution in [3.05, 3.63) is 22.7 Å². The van der Waals surface area contributed by atoms with Gasteiger partial charge in [0.05, 0.1) is 6.61 Å². The van der Waals surface area contributed by atoms with E-state index in [0.717, 1.165) is 17.4 Å². The van der Waals surface area contributed by atoms with E-state index in [4.69, 9.17) is 5.73 Å². The zero-order valence-corrected chi connectivity index (χ0v) is 13.6. The third-order valence-corrected chi connectivity index (χ3v) is 3.90. The summed E-state index contributed by atoms with van der Waals surface area (Å²) in [4.78, 5) is 40.9. The van der Waals surface area contributed by atoms with Crippen LogP contribution < -0.4 is 16.7 Å². The molecule has 0 bridgehead atoms. The van der Waals surface area contributed by atoms with Gasteiger partial charge in [-0.1, -0.05) is 0 Å². The Bertz CT molecular complexity index is 656. The third-order valence-electron chi connectivity index (χ3n) is 3.90. The number of nitrogens with zero attached hydrogens (tertiary/aromatic N) is 3. The molecule has 1 aromatic heterocycles. The van der Waals surface area contributed by atoms with Gasteiger partial charge >= 0.3 is 5.69 Å². The SMILES string of the molecule is CC(=O)[C@@H](CO)N(CCNC1CC1)C(=O)Cn1ccc(N)nc1=O. The number of hydrogen-bond donors (Lipinski definition) is 3. The van der Waals surface area contributed by atoms with Gasteiger partial charge in [-0.2, -0.15) is 4.98 Å². The molecule has 132 valence electrons. The van der Waals surface area contributed by atoms with Crippen molar-refractivity contribution in [2.45, 2.75) is 38.4 Å². The summed E-state index contributed by atoms with van der Waals surface area (Å²) in [6.07, 6.45) is 3.60. The normalized spacial score (nSPS) is 15.1. The van der Waals surface area contributed by atoms with E-state index in [1.165, 1.54) is 24.1 Å². The summed E-state index contributed by atoms with van der Waals surface area (Å²) in [6, 6.07) is 0.967. The lowest BCUT2D eigenvalue weighted by Crippen LogP contribution is -2.50. The summed E-state index contributed by atoms with van der Waals surface area (Å²) in [6.45, 7) is 1.40. The molecule has 2 rings (SSSR count). The largest absolute Gasteiger partial charge is 0.394 e. The van der Waals surface area contributed by atoms with Crippen molar-refractivity contribution >= 4 is 17.5 Å². The smallest absolute Gasteiger partial charge is 0.349 e. The summed E-state index contributed by atoms with van der Waals surface area (Å²) in [5, 5.41) is 12.7. The van der Waals surface area contributed by atoms with Gasteiger partial charge in [-0.3, -0.25) is 14.2 Å². The molecule has 0 aromatic carbocycles. The van der Waals surface area contributed by atoms with Crippen molar-refractivity contribution in [3.63, 3.8) is 0 Å². The van der Waals surface area contributed by atoms with Gasteiger partial charge in [-0.25, -0.2) is 4.79 Å². The minimum atomic E-state index is -0.920. The minimum Gasteiger partial charge on any atom is -0.394 e. The molecule has 0 radical (unpaired) electrons. The molecule has 0 unspecified atom stereocenters. The molecular formula is C15H23N5O4. The Morgan fingerprint density at radius 1 is 1.54 bits per heavy atom. The first-order valence-corrected chi connectivity index (χ1v) is 7.89. The average molecular weight is 337 g/mol. The zero-order chi connectivity index (χ0) is 17.7. The van der Waals surface area contributed by atoms with Crippen molar-refractivity contribution in [1.29, 1.82) is 0 Å². The number of carbonyl (C=O) groups is 2. The Kier molecular flexibility index (Phi) is 6.04. The molecule has 0 saturated heterocycles. The fourth-order valence-electron chi connectivity index (χ4n) is 2.38. The molecule has 1 aliphatic carbocycles. The second-order valence-electron chi connectivity index (χ2n) is 5.89. The van der Waals surface area contributed by atoms with E-state index in [1.807, 2.05) is 0 Å². The number of amides is 1. The van der Waals surface area contributed by atoms with Crippen LogP contribution in [0.2, 0.25) is 0 Å². The van der Waals surface area contributed by atoms with Gasteiger partial charge in [0.25, 0.3) is 0 Å². The van der Waals surface area contributed by atoms with Gasteiger partial charge in [0, 0.05) is 25.3 Å². The van der Waals surface area contributed by atoms with Crippen molar-refractivity contribution in [2.24, 2.45) is 0 Å². The lowest BCUT2D eigenvalue weighted by atomic mass is 10.1. The number of aromatic nitrogens is 2. The van der Waals surface area contributed by atoms with Gasteiger partial charge in [-0.15, -0.1) is 0 Å². The lowest BCUT2D eigenvalue weighted by molar-refractivity contribution is -0.140. The van der Waals surface area contributed by atoms with Gasteiger partial charge in [-0.05, 0) is 25.8 Å².